The maximum atomic E-state index is 10.9. The minimum absolute atomic E-state index is 0.132. The number of hydrogen-bond donors (Lipinski definition) is 3. The van der Waals surface area contributed by atoms with Gasteiger partial charge in [-0.2, -0.15) is 0 Å². The van der Waals surface area contributed by atoms with Crippen LogP contribution in [0.4, 0.5) is 11.4 Å². The van der Waals surface area contributed by atoms with Crippen LogP contribution in [-0.2, 0) is 6.42 Å². The Labute approximate surface area is 111 Å². The van der Waals surface area contributed by atoms with Gasteiger partial charge in [0.2, 0.25) is 0 Å². The lowest BCUT2D eigenvalue weighted by Gasteiger charge is -2.07. The molecule has 0 spiro atoms. The summed E-state index contributed by atoms with van der Waals surface area (Å²) in [5.74, 6) is -1.01. The van der Waals surface area contributed by atoms with Gasteiger partial charge < -0.3 is 16.6 Å². The summed E-state index contributed by atoms with van der Waals surface area (Å²) in [5, 5.41) is 8.92. The summed E-state index contributed by atoms with van der Waals surface area (Å²) in [4.78, 5) is 10.9. The molecule has 0 aliphatic carbocycles. The van der Waals surface area contributed by atoms with Crippen molar-refractivity contribution in [3.63, 3.8) is 0 Å². The predicted molar refractivity (Wildman–Crippen MR) is 76.2 cm³/mol. The molecule has 5 N–H and O–H groups in total. The quantitative estimate of drug-likeness (QED) is 0.736. The van der Waals surface area contributed by atoms with Crippen molar-refractivity contribution in [2.75, 3.05) is 11.5 Å². The number of carbonyl (C=O) groups is 1. The van der Waals surface area contributed by atoms with Crippen molar-refractivity contribution >= 4 is 17.3 Å². The van der Waals surface area contributed by atoms with Crippen LogP contribution in [-0.4, -0.2) is 11.1 Å². The van der Waals surface area contributed by atoms with Gasteiger partial charge in [-0.25, -0.2) is 4.79 Å². The molecular formula is C15H16N2O2. The highest BCUT2D eigenvalue weighted by Crippen LogP contribution is 2.19. The summed E-state index contributed by atoms with van der Waals surface area (Å²) < 4.78 is 0. The third-order valence-electron chi connectivity index (χ3n) is 3.10. The molecule has 0 unspecified atom stereocenters. The molecule has 0 aliphatic heterocycles. The van der Waals surface area contributed by atoms with Crippen molar-refractivity contribution in [2.24, 2.45) is 0 Å². The molecule has 0 amide bonds. The van der Waals surface area contributed by atoms with Gasteiger partial charge >= 0.3 is 5.97 Å². The number of hydrogen-bond acceptors (Lipinski definition) is 3. The zero-order valence-corrected chi connectivity index (χ0v) is 10.7. The number of benzene rings is 2. The number of rotatable bonds is 3. The van der Waals surface area contributed by atoms with E-state index >= 15 is 0 Å². The molecule has 0 heterocycles. The fraction of sp³-hybridized carbons (Fsp3) is 0.133. The van der Waals surface area contributed by atoms with E-state index in [9.17, 15) is 4.79 Å². The molecule has 2 aromatic carbocycles. The van der Waals surface area contributed by atoms with Gasteiger partial charge in [-0.1, -0.05) is 18.2 Å². The van der Waals surface area contributed by atoms with E-state index in [1.807, 2.05) is 25.1 Å². The molecule has 0 bridgehead atoms. The first kappa shape index (κ1) is 13.0. The Morgan fingerprint density at radius 2 is 1.63 bits per heavy atom. The number of aromatic carboxylic acids is 1. The molecule has 19 heavy (non-hydrogen) atoms. The van der Waals surface area contributed by atoms with Crippen molar-refractivity contribution < 1.29 is 9.90 Å². The number of carboxylic acid groups (broad SMARTS) is 1. The van der Waals surface area contributed by atoms with Crippen LogP contribution in [0.3, 0.4) is 0 Å². The Morgan fingerprint density at radius 1 is 1.05 bits per heavy atom. The second kappa shape index (κ2) is 5.02. The zero-order valence-electron chi connectivity index (χ0n) is 10.7. The first-order chi connectivity index (χ1) is 8.97. The Balaban J connectivity index is 2.26. The van der Waals surface area contributed by atoms with Gasteiger partial charge in [0.25, 0.3) is 0 Å². The summed E-state index contributed by atoms with van der Waals surface area (Å²) in [5.41, 5.74) is 15.8. The monoisotopic (exact) mass is 256 g/mol. The minimum Gasteiger partial charge on any atom is -0.478 e. The number of anilines is 2. The third-order valence-corrected chi connectivity index (χ3v) is 3.10. The Kier molecular flexibility index (Phi) is 3.42. The van der Waals surface area contributed by atoms with Gasteiger partial charge in [-0.3, -0.25) is 0 Å². The van der Waals surface area contributed by atoms with Crippen LogP contribution in [0, 0.1) is 6.92 Å². The lowest BCUT2D eigenvalue weighted by Crippen LogP contribution is -2.03. The lowest BCUT2D eigenvalue weighted by molar-refractivity contribution is 0.0698. The average molecular weight is 256 g/mol. The molecular weight excluding hydrogens is 240 g/mol. The summed E-state index contributed by atoms with van der Waals surface area (Å²) >= 11 is 0. The second-order valence-corrected chi connectivity index (χ2v) is 4.59. The van der Waals surface area contributed by atoms with Crippen LogP contribution < -0.4 is 11.5 Å². The van der Waals surface area contributed by atoms with Crippen molar-refractivity contribution in [1.82, 2.24) is 0 Å². The van der Waals surface area contributed by atoms with Crippen molar-refractivity contribution in [1.29, 1.82) is 0 Å². The number of carboxylic acids is 1. The molecule has 0 atom stereocenters. The fourth-order valence-electron chi connectivity index (χ4n) is 1.95. The maximum absolute atomic E-state index is 10.9. The van der Waals surface area contributed by atoms with Gasteiger partial charge in [0.1, 0.15) is 0 Å². The summed E-state index contributed by atoms with van der Waals surface area (Å²) in [7, 11) is 0. The molecule has 0 saturated heterocycles. The molecule has 2 rings (SSSR count). The van der Waals surface area contributed by atoms with Crippen LogP contribution in [0.15, 0.2) is 36.4 Å². The van der Waals surface area contributed by atoms with Crippen molar-refractivity contribution in [3.8, 4) is 0 Å². The van der Waals surface area contributed by atoms with Crippen LogP contribution in [0.2, 0.25) is 0 Å². The van der Waals surface area contributed by atoms with E-state index in [0.29, 0.717) is 6.42 Å². The predicted octanol–water partition coefficient (Wildman–Crippen LogP) is 2.45. The standard InChI is InChI=1S/C15H16N2O2/c1-9-2-3-10(7-13(9)16)6-11-4-5-12(15(18)19)14(17)8-11/h2-5,7-8H,6,16-17H2,1H3,(H,18,19). The van der Waals surface area contributed by atoms with E-state index in [4.69, 9.17) is 16.6 Å². The molecule has 4 heteroatoms. The molecule has 0 saturated carbocycles. The Bertz CT molecular complexity index is 636. The maximum Gasteiger partial charge on any atom is 0.337 e. The molecule has 0 fully saturated rings. The first-order valence-corrected chi connectivity index (χ1v) is 5.94. The SMILES string of the molecule is Cc1ccc(Cc2ccc(C(=O)O)c(N)c2)cc1N. The molecule has 0 radical (unpaired) electrons. The van der Waals surface area contributed by atoms with Crippen molar-refractivity contribution in [2.45, 2.75) is 13.3 Å². The van der Waals surface area contributed by atoms with E-state index in [0.717, 1.165) is 22.4 Å². The summed E-state index contributed by atoms with van der Waals surface area (Å²) in [6, 6.07) is 10.9. The van der Waals surface area contributed by atoms with Gasteiger partial charge in [0.05, 0.1) is 5.56 Å². The third kappa shape index (κ3) is 2.85. The average Bonchev–Trinajstić information content (AvgIpc) is 2.33. The first-order valence-electron chi connectivity index (χ1n) is 5.94. The molecule has 0 aromatic heterocycles. The van der Waals surface area contributed by atoms with Gasteiger partial charge in [-0.05, 0) is 48.2 Å². The smallest absolute Gasteiger partial charge is 0.337 e. The minimum atomic E-state index is -1.01. The Morgan fingerprint density at radius 3 is 2.16 bits per heavy atom. The largest absolute Gasteiger partial charge is 0.478 e. The second-order valence-electron chi connectivity index (χ2n) is 4.59. The van der Waals surface area contributed by atoms with Crippen molar-refractivity contribution in [3.05, 3.63) is 58.7 Å². The van der Waals surface area contributed by atoms with E-state index in [-0.39, 0.29) is 11.3 Å². The van der Waals surface area contributed by atoms with E-state index in [1.165, 1.54) is 6.07 Å². The summed E-state index contributed by atoms with van der Waals surface area (Å²) in [6.07, 6.45) is 0.675. The van der Waals surface area contributed by atoms with Gasteiger partial charge in [0.15, 0.2) is 0 Å². The van der Waals surface area contributed by atoms with E-state index < -0.39 is 5.97 Å². The number of nitrogen functional groups attached to an aromatic ring is 2. The van der Waals surface area contributed by atoms with Crippen LogP contribution in [0.1, 0.15) is 27.0 Å². The number of nitrogens with two attached hydrogens (primary N) is 2. The van der Waals surface area contributed by atoms with E-state index in [2.05, 4.69) is 0 Å². The zero-order chi connectivity index (χ0) is 14.0. The van der Waals surface area contributed by atoms with Gasteiger partial charge in [0, 0.05) is 11.4 Å². The number of aryl methyl sites for hydroxylation is 1. The van der Waals surface area contributed by atoms with E-state index in [1.54, 1.807) is 12.1 Å². The molecule has 0 aliphatic rings. The molecule has 98 valence electrons. The highest BCUT2D eigenvalue weighted by molar-refractivity contribution is 5.93. The van der Waals surface area contributed by atoms with Crippen LogP contribution in [0.5, 0.6) is 0 Å². The molecule has 2 aromatic rings. The van der Waals surface area contributed by atoms with Crippen LogP contribution in [0.25, 0.3) is 0 Å². The normalized spacial score (nSPS) is 10.4. The van der Waals surface area contributed by atoms with Crippen LogP contribution >= 0.6 is 0 Å². The lowest BCUT2D eigenvalue weighted by atomic mass is 10.0. The summed E-state index contributed by atoms with van der Waals surface area (Å²) in [6.45, 7) is 1.96. The Hall–Kier alpha value is -2.49. The fourth-order valence-corrected chi connectivity index (χ4v) is 1.95. The molecule has 4 nitrogen and oxygen atoms in total. The van der Waals surface area contributed by atoms with Gasteiger partial charge in [-0.15, -0.1) is 0 Å². The topological polar surface area (TPSA) is 89.3 Å². The highest BCUT2D eigenvalue weighted by atomic mass is 16.4. The highest BCUT2D eigenvalue weighted by Gasteiger charge is 2.08.